The Hall–Kier alpha value is -2.69. The van der Waals surface area contributed by atoms with E-state index in [4.69, 9.17) is 4.74 Å². The number of pyridine rings is 1. The van der Waals surface area contributed by atoms with E-state index in [2.05, 4.69) is 10.3 Å². The third kappa shape index (κ3) is 3.39. The van der Waals surface area contributed by atoms with Crippen LogP contribution in [0.2, 0.25) is 0 Å². The Morgan fingerprint density at radius 2 is 2.00 bits per heavy atom. The van der Waals surface area contributed by atoms with Gasteiger partial charge < -0.3 is 10.1 Å². The summed E-state index contributed by atoms with van der Waals surface area (Å²) >= 11 is 0. The van der Waals surface area contributed by atoms with Crippen molar-refractivity contribution in [1.29, 1.82) is 0 Å². The predicted molar refractivity (Wildman–Crippen MR) is 84.4 cm³/mol. The van der Waals surface area contributed by atoms with Crippen molar-refractivity contribution < 1.29 is 14.3 Å². The number of aromatic nitrogens is 1. The molecule has 3 rings (SSSR count). The Morgan fingerprint density at radius 3 is 2.65 bits per heavy atom. The lowest BCUT2D eigenvalue weighted by molar-refractivity contribution is -0.145. The van der Waals surface area contributed by atoms with Gasteiger partial charge in [0.2, 0.25) is 5.91 Å². The number of carbonyl (C=O) groups is 2. The summed E-state index contributed by atoms with van der Waals surface area (Å²) in [7, 11) is 1.31. The molecule has 1 N–H and O–H groups in total. The van der Waals surface area contributed by atoms with Crippen molar-refractivity contribution >= 4 is 11.9 Å². The number of hydrogen-bond donors (Lipinski definition) is 1. The van der Waals surface area contributed by atoms with E-state index >= 15 is 0 Å². The van der Waals surface area contributed by atoms with E-state index in [1.807, 2.05) is 30.3 Å². The maximum Gasteiger partial charge on any atom is 0.333 e. The van der Waals surface area contributed by atoms with Gasteiger partial charge in [0.15, 0.2) is 6.04 Å². The first-order valence-electron chi connectivity index (χ1n) is 7.53. The molecule has 5 heteroatoms. The van der Waals surface area contributed by atoms with Crippen LogP contribution in [0, 0.1) is 5.92 Å². The number of methoxy groups -OCH3 is 1. The SMILES string of the molecule is COC(=O)C(NC(=O)C1CC1c1ccccc1)c1cccnc1. The smallest absolute Gasteiger partial charge is 0.333 e. The molecule has 0 spiro atoms. The van der Waals surface area contributed by atoms with Crippen LogP contribution in [-0.2, 0) is 14.3 Å². The van der Waals surface area contributed by atoms with Gasteiger partial charge in [-0.15, -0.1) is 0 Å². The Labute approximate surface area is 134 Å². The molecule has 3 unspecified atom stereocenters. The number of nitrogens with one attached hydrogen (secondary N) is 1. The number of benzene rings is 1. The molecule has 1 saturated carbocycles. The van der Waals surface area contributed by atoms with E-state index in [-0.39, 0.29) is 17.7 Å². The fourth-order valence-corrected chi connectivity index (χ4v) is 2.75. The first-order chi connectivity index (χ1) is 11.2. The first kappa shape index (κ1) is 15.2. The average molecular weight is 310 g/mol. The zero-order valence-electron chi connectivity index (χ0n) is 12.8. The summed E-state index contributed by atoms with van der Waals surface area (Å²) in [6.45, 7) is 0. The monoisotopic (exact) mass is 310 g/mol. The molecule has 2 aromatic rings. The van der Waals surface area contributed by atoms with E-state index < -0.39 is 12.0 Å². The summed E-state index contributed by atoms with van der Waals surface area (Å²) in [5, 5.41) is 2.79. The normalized spacial score (nSPS) is 20.4. The highest BCUT2D eigenvalue weighted by atomic mass is 16.5. The van der Waals surface area contributed by atoms with Crippen LogP contribution in [0.25, 0.3) is 0 Å². The van der Waals surface area contributed by atoms with Crippen LogP contribution in [0.5, 0.6) is 0 Å². The molecule has 1 aliphatic rings. The van der Waals surface area contributed by atoms with Gasteiger partial charge in [-0.1, -0.05) is 36.4 Å². The number of hydrogen-bond acceptors (Lipinski definition) is 4. The average Bonchev–Trinajstić information content (AvgIpc) is 3.41. The molecule has 0 saturated heterocycles. The number of rotatable bonds is 5. The van der Waals surface area contributed by atoms with Crippen molar-refractivity contribution in [2.24, 2.45) is 5.92 Å². The number of ether oxygens (including phenoxy) is 1. The Morgan fingerprint density at radius 1 is 1.22 bits per heavy atom. The van der Waals surface area contributed by atoms with Crippen molar-refractivity contribution in [2.45, 2.75) is 18.4 Å². The Bertz CT molecular complexity index is 688. The van der Waals surface area contributed by atoms with E-state index in [0.29, 0.717) is 5.56 Å². The van der Waals surface area contributed by atoms with Crippen molar-refractivity contribution in [3.05, 3.63) is 66.0 Å². The summed E-state index contributed by atoms with van der Waals surface area (Å²) < 4.78 is 4.80. The molecule has 3 atom stereocenters. The van der Waals surface area contributed by atoms with Crippen molar-refractivity contribution in [2.75, 3.05) is 7.11 Å². The van der Waals surface area contributed by atoms with Gasteiger partial charge >= 0.3 is 5.97 Å². The minimum atomic E-state index is -0.821. The quantitative estimate of drug-likeness (QED) is 0.860. The summed E-state index contributed by atoms with van der Waals surface area (Å²) in [6.07, 6.45) is 3.98. The van der Waals surface area contributed by atoms with Crippen molar-refractivity contribution in [3.8, 4) is 0 Å². The fraction of sp³-hybridized carbons (Fsp3) is 0.278. The molecule has 1 fully saturated rings. The molecule has 23 heavy (non-hydrogen) atoms. The van der Waals surface area contributed by atoms with Crippen LogP contribution in [0.4, 0.5) is 0 Å². The highest BCUT2D eigenvalue weighted by Gasteiger charge is 2.45. The summed E-state index contributed by atoms with van der Waals surface area (Å²) in [5.41, 5.74) is 1.77. The Kier molecular flexibility index (Phi) is 4.37. The topological polar surface area (TPSA) is 68.3 Å². The van der Waals surface area contributed by atoms with Crippen LogP contribution in [0.15, 0.2) is 54.9 Å². The molecule has 0 radical (unpaired) electrons. The maximum atomic E-state index is 12.5. The molecule has 0 aliphatic heterocycles. The molecule has 1 amide bonds. The molecule has 1 aromatic heterocycles. The van der Waals surface area contributed by atoms with Gasteiger partial charge in [-0.05, 0) is 24.0 Å². The standard InChI is InChI=1S/C18H18N2O3/c1-23-18(22)16(13-8-5-9-19-11-13)20-17(21)15-10-14(15)12-6-3-2-4-7-12/h2-9,11,14-16H,10H2,1H3,(H,20,21). The zero-order valence-corrected chi connectivity index (χ0v) is 12.8. The molecule has 118 valence electrons. The fourth-order valence-electron chi connectivity index (χ4n) is 2.75. The van der Waals surface area contributed by atoms with E-state index in [9.17, 15) is 9.59 Å². The van der Waals surface area contributed by atoms with Crippen LogP contribution < -0.4 is 5.32 Å². The second-order valence-corrected chi connectivity index (χ2v) is 5.61. The molecule has 1 aliphatic carbocycles. The minimum absolute atomic E-state index is 0.0961. The van der Waals surface area contributed by atoms with Crippen LogP contribution in [0.1, 0.15) is 29.5 Å². The maximum absolute atomic E-state index is 12.5. The van der Waals surface area contributed by atoms with Gasteiger partial charge in [0.25, 0.3) is 0 Å². The number of carbonyl (C=O) groups excluding carboxylic acids is 2. The highest BCUT2D eigenvalue weighted by molar-refractivity contribution is 5.88. The molecule has 5 nitrogen and oxygen atoms in total. The van der Waals surface area contributed by atoms with E-state index in [0.717, 1.165) is 12.0 Å². The highest BCUT2D eigenvalue weighted by Crippen LogP contribution is 2.47. The second kappa shape index (κ2) is 6.60. The number of nitrogens with zero attached hydrogens (tertiary/aromatic N) is 1. The minimum Gasteiger partial charge on any atom is -0.467 e. The van der Waals surface area contributed by atoms with Gasteiger partial charge in [-0.3, -0.25) is 9.78 Å². The lowest BCUT2D eigenvalue weighted by atomic mass is 10.1. The molecular weight excluding hydrogens is 292 g/mol. The van der Waals surface area contributed by atoms with Gasteiger partial charge in [0, 0.05) is 23.9 Å². The lowest BCUT2D eigenvalue weighted by Gasteiger charge is -2.16. The second-order valence-electron chi connectivity index (χ2n) is 5.61. The van der Waals surface area contributed by atoms with Crippen molar-refractivity contribution in [3.63, 3.8) is 0 Å². The Balaban J connectivity index is 1.69. The molecule has 1 aromatic carbocycles. The zero-order chi connectivity index (χ0) is 16.2. The van der Waals surface area contributed by atoms with Gasteiger partial charge in [-0.25, -0.2) is 4.79 Å². The van der Waals surface area contributed by atoms with Crippen LogP contribution in [0.3, 0.4) is 0 Å². The summed E-state index contributed by atoms with van der Waals surface area (Å²) in [6, 6.07) is 12.6. The summed E-state index contributed by atoms with van der Waals surface area (Å²) in [4.78, 5) is 28.4. The molecule has 0 bridgehead atoms. The van der Waals surface area contributed by atoms with E-state index in [1.165, 1.54) is 7.11 Å². The third-order valence-corrected chi connectivity index (χ3v) is 4.10. The van der Waals surface area contributed by atoms with Gasteiger partial charge in [-0.2, -0.15) is 0 Å². The number of amides is 1. The van der Waals surface area contributed by atoms with E-state index in [1.54, 1.807) is 24.5 Å². The first-order valence-corrected chi connectivity index (χ1v) is 7.53. The van der Waals surface area contributed by atoms with Crippen LogP contribution in [-0.4, -0.2) is 24.0 Å². The number of esters is 1. The van der Waals surface area contributed by atoms with Gasteiger partial charge in [0.05, 0.1) is 7.11 Å². The summed E-state index contributed by atoms with van der Waals surface area (Å²) in [5.74, 6) is -0.494. The largest absolute Gasteiger partial charge is 0.467 e. The van der Waals surface area contributed by atoms with Crippen LogP contribution >= 0.6 is 0 Å². The van der Waals surface area contributed by atoms with Gasteiger partial charge in [0.1, 0.15) is 0 Å². The predicted octanol–water partition coefficient (Wildman–Crippen LogP) is 2.22. The lowest BCUT2D eigenvalue weighted by Crippen LogP contribution is -2.35. The molecule has 1 heterocycles. The molecular formula is C18H18N2O3. The third-order valence-electron chi connectivity index (χ3n) is 4.10. The van der Waals surface area contributed by atoms with Crippen molar-refractivity contribution in [1.82, 2.24) is 10.3 Å².